The number of rotatable bonds is 8. The van der Waals surface area contributed by atoms with E-state index in [0.29, 0.717) is 11.3 Å². The number of carbonyl (C=O) groups is 3. The SMILES string of the molecule is COc1ccc([C@@H]2CC(=O)c3c(O)cc(OC(=O)Cc4ccccc4)cc3O2)cc1OC(=O)Cc1ccccc1. The lowest BCUT2D eigenvalue weighted by molar-refractivity contribution is -0.134. The smallest absolute Gasteiger partial charge is 0.315 e. The summed E-state index contributed by atoms with van der Waals surface area (Å²) in [5, 5.41) is 10.5. The van der Waals surface area contributed by atoms with Crippen LogP contribution in [0.3, 0.4) is 0 Å². The molecule has 8 nitrogen and oxygen atoms in total. The normalized spacial score (nSPS) is 14.0. The number of ether oxygens (including phenoxy) is 4. The largest absolute Gasteiger partial charge is 0.507 e. The number of fused-ring (bicyclic) bond motifs is 1. The second-order valence-electron chi connectivity index (χ2n) is 9.23. The average molecular weight is 539 g/mol. The fourth-order valence-electron chi connectivity index (χ4n) is 4.48. The first-order valence-corrected chi connectivity index (χ1v) is 12.6. The molecule has 1 heterocycles. The van der Waals surface area contributed by atoms with Gasteiger partial charge in [0.15, 0.2) is 17.3 Å². The fraction of sp³-hybridized carbons (Fsp3) is 0.156. The number of aromatic hydroxyl groups is 1. The van der Waals surface area contributed by atoms with Gasteiger partial charge in [-0.15, -0.1) is 0 Å². The zero-order valence-corrected chi connectivity index (χ0v) is 21.7. The molecule has 0 spiro atoms. The molecule has 1 aliphatic heterocycles. The van der Waals surface area contributed by atoms with Crippen LogP contribution in [0.2, 0.25) is 0 Å². The van der Waals surface area contributed by atoms with Crippen LogP contribution in [0.25, 0.3) is 0 Å². The molecule has 0 amide bonds. The summed E-state index contributed by atoms with van der Waals surface area (Å²) in [7, 11) is 1.46. The molecule has 0 saturated heterocycles. The quantitative estimate of drug-likeness (QED) is 0.235. The maximum Gasteiger partial charge on any atom is 0.315 e. The molecule has 40 heavy (non-hydrogen) atoms. The molecule has 0 aromatic heterocycles. The second-order valence-corrected chi connectivity index (χ2v) is 9.23. The third-order valence-electron chi connectivity index (χ3n) is 6.37. The second kappa shape index (κ2) is 11.7. The Morgan fingerprint density at radius 1 is 0.825 bits per heavy atom. The zero-order valence-electron chi connectivity index (χ0n) is 21.7. The Kier molecular flexibility index (Phi) is 7.77. The van der Waals surface area contributed by atoms with Crippen LogP contribution in [0.15, 0.2) is 91.0 Å². The van der Waals surface area contributed by atoms with E-state index in [4.69, 9.17) is 18.9 Å². The molecule has 8 heteroatoms. The Morgan fingerprint density at radius 3 is 2.08 bits per heavy atom. The molecule has 0 fully saturated rings. The Bertz CT molecular complexity index is 1550. The van der Waals surface area contributed by atoms with E-state index in [9.17, 15) is 19.5 Å². The summed E-state index contributed by atoms with van der Waals surface area (Å²) >= 11 is 0. The van der Waals surface area contributed by atoms with Crippen molar-refractivity contribution in [1.82, 2.24) is 0 Å². The van der Waals surface area contributed by atoms with Crippen LogP contribution < -0.4 is 18.9 Å². The van der Waals surface area contributed by atoms with Crippen molar-refractivity contribution in [3.8, 4) is 28.7 Å². The highest BCUT2D eigenvalue weighted by molar-refractivity contribution is 6.02. The van der Waals surface area contributed by atoms with E-state index in [-0.39, 0.29) is 53.6 Å². The van der Waals surface area contributed by atoms with Crippen LogP contribution in [0, 0.1) is 0 Å². The molecule has 202 valence electrons. The Labute approximate surface area is 230 Å². The van der Waals surface area contributed by atoms with Gasteiger partial charge in [-0.3, -0.25) is 14.4 Å². The van der Waals surface area contributed by atoms with Gasteiger partial charge >= 0.3 is 11.9 Å². The molecule has 1 atom stereocenters. The number of hydrogen-bond acceptors (Lipinski definition) is 8. The molecular formula is C32H26O8. The number of methoxy groups -OCH3 is 1. The molecule has 0 aliphatic carbocycles. The Hall–Kier alpha value is -5.11. The van der Waals surface area contributed by atoms with Crippen molar-refractivity contribution < 1.29 is 38.4 Å². The van der Waals surface area contributed by atoms with Crippen LogP contribution >= 0.6 is 0 Å². The van der Waals surface area contributed by atoms with Crippen molar-refractivity contribution in [3.63, 3.8) is 0 Å². The van der Waals surface area contributed by atoms with E-state index in [2.05, 4.69) is 0 Å². The van der Waals surface area contributed by atoms with Crippen LogP contribution in [-0.4, -0.2) is 29.9 Å². The minimum Gasteiger partial charge on any atom is -0.507 e. The molecule has 0 bridgehead atoms. The van der Waals surface area contributed by atoms with E-state index in [1.54, 1.807) is 30.3 Å². The summed E-state index contributed by atoms with van der Waals surface area (Å²) in [6.07, 6.45) is -0.687. The van der Waals surface area contributed by atoms with Gasteiger partial charge < -0.3 is 24.1 Å². The van der Waals surface area contributed by atoms with E-state index in [0.717, 1.165) is 11.1 Å². The van der Waals surface area contributed by atoms with E-state index < -0.39 is 18.0 Å². The van der Waals surface area contributed by atoms with Crippen molar-refractivity contribution in [2.75, 3.05) is 7.11 Å². The van der Waals surface area contributed by atoms with Crippen LogP contribution in [0.4, 0.5) is 0 Å². The topological polar surface area (TPSA) is 108 Å². The zero-order chi connectivity index (χ0) is 28.1. The van der Waals surface area contributed by atoms with Crippen LogP contribution in [0.5, 0.6) is 28.7 Å². The number of Topliss-reactive ketones (excluding diaryl/α,β-unsaturated/α-hetero) is 1. The molecule has 1 N–H and O–H groups in total. The summed E-state index contributed by atoms with van der Waals surface area (Å²) in [6, 6.07) is 25.9. The maximum atomic E-state index is 13.0. The first kappa shape index (κ1) is 26.5. The molecular weight excluding hydrogens is 512 g/mol. The molecule has 5 rings (SSSR count). The van der Waals surface area contributed by atoms with Gasteiger partial charge in [-0.2, -0.15) is 0 Å². The molecule has 0 radical (unpaired) electrons. The van der Waals surface area contributed by atoms with Crippen molar-refractivity contribution in [3.05, 3.63) is 113 Å². The van der Waals surface area contributed by atoms with Gasteiger partial charge in [-0.1, -0.05) is 66.7 Å². The van der Waals surface area contributed by atoms with Crippen molar-refractivity contribution >= 4 is 17.7 Å². The number of phenols is 1. The van der Waals surface area contributed by atoms with Gasteiger partial charge in [0, 0.05) is 12.1 Å². The molecule has 4 aromatic rings. The lowest BCUT2D eigenvalue weighted by atomic mass is 9.95. The van der Waals surface area contributed by atoms with Crippen molar-refractivity contribution in [1.29, 1.82) is 0 Å². The predicted octanol–water partition coefficient (Wildman–Crippen LogP) is 5.40. The van der Waals surface area contributed by atoms with Crippen molar-refractivity contribution in [2.45, 2.75) is 25.4 Å². The van der Waals surface area contributed by atoms with Crippen LogP contribution in [0.1, 0.15) is 39.6 Å². The van der Waals surface area contributed by atoms with Crippen molar-refractivity contribution in [2.24, 2.45) is 0 Å². The number of hydrogen-bond donors (Lipinski definition) is 1. The Morgan fingerprint density at radius 2 is 1.45 bits per heavy atom. The highest BCUT2D eigenvalue weighted by Crippen LogP contribution is 2.43. The third kappa shape index (κ3) is 6.13. The number of benzene rings is 4. The molecule has 1 aliphatic rings. The highest BCUT2D eigenvalue weighted by atomic mass is 16.6. The van der Waals surface area contributed by atoms with E-state index in [1.807, 2.05) is 48.5 Å². The Balaban J connectivity index is 1.34. The highest BCUT2D eigenvalue weighted by Gasteiger charge is 2.32. The third-order valence-corrected chi connectivity index (χ3v) is 6.37. The lowest BCUT2D eigenvalue weighted by Crippen LogP contribution is -2.21. The number of ketones is 1. The first-order valence-electron chi connectivity index (χ1n) is 12.6. The van der Waals surface area contributed by atoms with Gasteiger partial charge in [0.25, 0.3) is 0 Å². The van der Waals surface area contributed by atoms with Gasteiger partial charge in [-0.05, 0) is 28.8 Å². The summed E-state index contributed by atoms with van der Waals surface area (Å²) in [4.78, 5) is 38.0. The molecule has 0 saturated carbocycles. The summed E-state index contributed by atoms with van der Waals surface area (Å²) in [5.74, 6) is -1.01. The summed E-state index contributed by atoms with van der Waals surface area (Å²) in [6.45, 7) is 0. The monoisotopic (exact) mass is 538 g/mol. The number of esters is 2. The van der Waals surface area contributed by atoms with Gasteiger partial charge in [-0.25, -0.2) is 0 Å². The van der Waals surface area contributed by atoms with E-state index in [1.165, 1.54) is 19.2 Å². The minimum atomic E-state index is -0.743. The minimum absolute atomic E-state index is 0.0159. The van der Waals surface area contributed by atoms with Gasteiger partial charge in [0.1, 0.15) is 28.9 Å². The van der Waals surface area contributed by atoms with E-state index >= 15 is 0 Å². The number of carbonyl (C=O) groups excluding carboxylic acids is 3. The van der Waals surface area contributed by atoms with Gasteiger partial charge in [0.05, 0.1) is 26.4 Å². The number of phenolic OH excluding ortho intramolecular Hbond substituents is 1. The molecule has 0 unspecified atom stereocenters. The fourth-order valence-corrected chi connectivity index (χ4v) is 4.48. The predicted molar refractivity (Wildman–Crippen MR) is 145 cm³/mol. The lowest BCUT2D eigenvalue weighted by Gasteiger charge is -2.27. The average Bonchev–Trinajstić information content (AvgIpc) is 2.93. The maximum absolute atomic E-state index is 13.0. The first-order chi connectivity index (χ1) is 19.4. The standard InChI is InChI=1S/C32H26O8/c1-37-26-13-12-22(16-28(26)40-31(36)15-21-10-6-3-7-11-21)27-19-25(34)32-24(33)17-23(18-29(32)39-27)38-30(35)14-20-8-4-2-5-9-20/h2-13,16-18,27,33H,14-15,19H2,1H3/t27-/m0/s1. The van der Waals surface area contributed by atoms with Crippen LogP contribution in [-0.2, 0) is 22.4 Å². The molecule has 4 aromatic carbocycles. The summed E-state index contributed by atoms with van der Waals surface area (Å²) in [5.41, 5.74) is 2.16. The summed E-state index contributed by atoms with van der Waals surface area (Å²) < 4.78 is 22.5. The van der Waals surface area contributed by atoms with Gasteiger partial charge in [0.2, 0.25) is 0 Å².